The summed E-state index contributed by atoms with van der Waals surface area (Å²) in [6, 6.07) is 5.55. The van der Waals surface area contributed by atoms with Gasteiger partial charge in [0.2, 0.25) is 5.91 Å². The zero-order valence-electron chi connectivity index (χ0n) is 13.6. The summed E-state index contributed by atoms with van der Waals surface area (Å²) < 4.78 is 28.3. The minimum absolute atomic E-state index is 0.00243. The van der Waals surface area contributed by atoms with Gasteiger partial charge in [-0.05, 0) is 25.0 Å². The summed E-state index contributed by atoms with van der Waals surface area (Å²) in [5.74, 6) is -1.04. The quantitative estimate of drug-likeness (QED) is 0.730. The Bertz CT molecular complexity index is 734. The summed E-state index contributed by atoms with van der Waals surface area (Å²) in [6.07, 6.45) is 0.315. The van der Waals surface area contributed by atoms with E-state index in [2.05, 4.69) is 0 Å². The van der Waals surface area contributed by atoms with E-state index in [1.165, 1.54) is 12.0 Å². The van der Waals surface area contributed by atoms with E-state index in [0.29, 0.717) is 17.0 Å². The van der Waals surface area contributed by atoms with Crippen molar-refractivity contribution in [2.45, 2.75) is 31.8 Å². The Balaban J connectivity index is 2.26. The van der Waals surface area contributed by atoms with E-state index >= 15 is 0 Å². The lowest BCUT2D eigenvalue weighted by atomic mass is 10.1. The highest BCUT2D eigenvalue weighted by Gasteiger charge is 2.39. The van der Waals surface area contributed by atoms with Crippen LogP contribution in [0.5, 0.6) is 0 Å². The molecule has 0 radical (unpaired) electrons. The number of hydrogen-bond donors (Lipinski definition) is 0. The molecule has 1 aliphatic rings. The molecule has 8 heteroatoms. The lowest BCUT2D eigenvalue weighted by molar-refractivity contribution is -0.153. The Kier molecular flexibility index (Phi) is 5.87. The van der Waals surface area contributed by atoms with E-state index in [1.807, 2.05) is 0 Å². The molecule has 1 aromatic carbocycles. The van der Waals surface area contributed by atoms with Gasteiger partial charge in [-0.1, -0.05) is 29.8 Å². The number of amides is 1. The predicted octanol–water partition coefficient (Wildman–Crippen LogP) is 1.46. The zero-order chi connectivity index (χ0) is 17.9. The van der Waals surface area contributed by atoms with Gasteiger partial charge >= 0.3 is 5.97 Å². The van der Waals surface area contributed by atoms with Crippen LogP contribution in [-0.4, -0.2) is 55.9 Å². The molecule has 6 nitrogen and oxygen atoms in total. The third kappa shape index (κ3) is 4.27. The monoisotopic (exact) mass is 373 g/mol. The van der Waals surface area contributed by atoms with Crippen molar-refractivity contribution in [2.75, 3.05) is 18.6 Å². The maximum atomic E-state index is 12.8. The van der Waals surface area contributed by atoms with Crippen molar-refractivity contribution in [3.05, 3.63) is 34.9 Å². The first-order valence-corrected chi connectivity index (χ1v) is 9.78. The molecular formula is C16H20ClNO5S. The van der Waals surface area contributed by atoms with Crippen molar-refractivity contribution in [3.63, 3.8) is 0 Å². The number of hydrogen-bond acceptors (Lipinski definition) is 5. The fourth-order valence-corrected chi connectivity index (χ4v) is 4.82. The van der Waals surface area contributed by atoms with Gasteiger partial charge in [0, 0.05) is 11.1 Å². The van der Waals surface area contributed by atoms with Crippen LogP contribution in [0.1, 0.15) is 18.9 Å². The number of nitrogens with zero attached hydrogens (tertiary/aromatic N) is 1. The Hall–Kier alpha value is -1.60. The Morgan fingerprint density at radius 3 is 2.58 bits per heavy atom. The van der Waals surface area contributed by atoms with E-state index in [0.717, 1.165) is 0 Å². The van der Waals surface area contributed by atoms with E-state index in [1.54, 1.807) is 31.2 Å². The van der Waals surface area contributed by atoms with Crippen LogP contribution >= 0.6 is 11.6 Å². The molecule has 2 atom stereocenters. The van der Waals surface area contributed by atoms with Crippen molar-refractivity contribution in [1.82, 2.24) is 4.90 Å². The number of carbonyl (C=O) groups is 2. The molecule has 0 saturated carbocycles. The molecule has 0 unspecified atom stereocenters. The van der Waals surface area contributed by atoms with Crippen LogP contribution in [0.25, 0.3) is 0 Å². The van der Waals surface area contributed by atoms with Gasteiger partial charge in [0.25, 0.3) is 0 Å². The third-order valence-electron chi connectivity index (χ3n) is 4.15. The molecule has 24 heavy (non-hydrogen) atoms. The van der Waals surface area contributed by atoms with Crippen LogP contribution in [0.15, 0.2) is 24.3 Å². The number of carbonyl (C=O) groups excluding carboxylic acids is 2. The van der Waals surface area contributed by atoms with Gasteiger partial charge < -0.3 is 9.64 Å². The number of sulfone groups is 1. The van der Waals surface area contributed by atoms with Crippen molar-refractivity contribution in [2.24, 2.45) is 0 Å². The maximum Gasteiger partial charge on any atom is 0.328 e. The molecule has 1 fully saturated rings. The highest BCUT2D eigenvalue weighted by Crippen LogP contribution is 2.23. The summed E-state index contributed by atoms with van der Waals surface area (Å²) >= 11 is 6.09. The fraction of sp³-hybridized carbons (Fsp3) is 0.500. The summed E-state index contributed by atoms with van der Waals surface area (Å²) in [4.78, 5) is 26.0. The predicted molar refractivity (Wildman–Crippen MR) is 90.5 cm³/mol. The molecule has 1 amide bonds. The first-order valence-electron chi connectivity index (χ1n) is 7.58. The van der Waals surface area contributed by atoms with E-state index in [9.17, 15) is 18.0 Å². The SMILES string of the molecule is COC(=O)[C@H](C)N(C(=O)Cc1ccccc1Cl)[C@@H]1CCS(=O)(=O)C1. The van der Waals surface area contributed by atoms with Gasteiger partial charge in [-0.2, -0.15) is 0 Å². The van der Waals surface area contributed by atoms with E-state index in [4.69, 9.17) is 16.3 Å². The minimum atomic E-state index is -3.19. The van der Waals surface area contributed by atoms with Crippen molar-refractivity contribution < 1.29 is 22.7 Å². The number of benzene rings is 1. The second-order valence-corrected chi connectivity index (χ2v) is 8.46. The lowest BCUT2D eigenvalue weighted by Crippen LogP contribution is -2.50. The smallest absolute Gasteiger partial charge is 0.328 e. The first-order chi connectivity index (χ1) is 11.2. The van der Waals surface area contributed by atoms with Gasteiger partial charge in [0.1, 0.15) is 6.04 Å². The Morgan fingerprint density at radius 2 is 2.04 bits per heavy atom. The molecule has 2 rings (SSSR count). The summed E-state index contributed by atoms with van der Waals surface area (Å²) in [5, 5.41) is 0.454. The van der Waals surface area contributed by atoms with Crippen LogP contribution in [0, 0.1) is 0 Å². The maximum absolute atomic E-state index is 12.8. The number of methoxy groups -OCH3 is 1. The lowest BCUT2D eigenvalue weighted by Gasteiger charge is -2.32. The standard InChI is InChI=1S/C16H20ClNO5S/c1-11(16(20)23-2)18(13-7-8-24(21,22)10-13)15(19)9-12-5-3-4-6-14(12)17/h3-6,11,13H,7-10H2,1-2H3/t11-,13+/m0/s1. The molecule has 1 saturated heterocycles. The first kappa shape index (κ1) is 18.7. The van der Waals surface area contributed by atoms with Crippen LogP contribution in [0.2, 0.25) is 5.02 Å². The molecule has 1 heterocycles. The highest BCUT2D eigenvalue weighted by atomic mass is 35.5. The number of esters is 1. The molecule has 1 aromatic rings. The highest BCUT2D eigenvalue weighted by molar-refractivity contribution is 7.91. The molecule has 0 N–H and O–H groups in total. The number of rotatable bonds is 5. The number of ether oxygens (including phenoxy) is 1. The van der Waals surface area contributed by atoms with Gasteiger partial charge in [0.05, 0.1) is 25.0 Å². The third-order valence-corrected chi connectivity index (χ3v) is 6.27. The molecule has 0 spiro atoms. The molecular weight excluding hydrogens is 354 g/mol. The van der Waals surface area contributed by atoms with Gasteiger partial charge in [-0.15, -0.1) is 0 Å². The van der Waals surface area contributed by atoms with Crippen LogP contribution < -0.4 is 0 Å². The van der Waals surface area contributed by atoms with E-state index < -0.39 is 27.9 Å². The second kappa shape index (κ2) is 7.53. The average Bonchev–Trinajstić information content (AvgIpc) is 2.88. The molecule has 0 aromatic heterocycles. The van der Waals surface area contributed by atoms with E-state index in [-0.39, 0.29) is 23.8 Å². The van der Waals surface area contributed by atoms with Gasteiger partial charge in [-0.25, -0.2) is 13.2 Å². The van der Waals surface area contributed by atoms with Gasteiger partial charge in [0.15, 0.2) is 9.84 Å². The largest absolute Gasteiger partial charge is 0.467 e. The fourth-order valence-electron chi connectivity index (χ4n) is 2.91. The molecule has 0 aliphatic carbocycles. The topological polar surface area (TPSA) is 80.8 Å². The molecule has 132 valence electrons. The summed E-state index contributed by atoms with van der Waals surface area (Å²) in [5.41, 5.74) is 0.632. The molecule has 0 bridgehead atoms. The Morgan fingerprint density at radius 1 is 1.38 bits per heavy atom. The normalized spacial score (nSPS) is 20.4. The minimum Gasteiger partial charge on any atom is -0.467 e. The summed E-state index contributed by atoms with van der Waals surface area (Å²) in [6.45, 7) is 1.54. The Labute approximate surface area is 146 Å². The number of halogens is 1. The van der Waals surface area contributed by atoms with Crippen LogP contribution in [0.3, 0.4) is 0 Å². The van der Waals surface area contributed by atoms with Crippen LogP contribution in [0.4, 0.5) is 0 Å². The van der Waals surface area contributed by atoms with Crippen LogP contribution in [-0.2, 0) is 30.6 Å². The van der Waals surface area contributed by atoms with Crippen molar-refractivity contribution in [3.8, 4) is 0 Å². The van der Waals surface area contributed by atoms with Crippen molar-refractivity contribution in [1.29, 1.82) is 0 Å². The molecule has 1 aliphatic heterocycles. The second-order valence-electron chi connectivity index (χ2n) is 5.83. The average molecular weight is 374 g/mol. The van der Waals surface area contributed by atoms with Crippen molar-refractivity contribution >= 4 is 33.3 Å². The summed E-state index contributed by atoms with van der Waals surface area (Å²) in [7, 11) is -1.96. The van der Waals surface area contributed by atoms with Gasteiger partial charge in [-0.3, -0.25) is 4.79 Å². The zero-order valence-corrected chi connectivity index (χ0v) is 15.1.